The third-order valence-electron chi connectivity index (χ3n) is 5.63. The minimum Gasteiger partial charge on any atom is -0.348 e. The van der Waals surface area contributed by atoms with E-state index in [9.17, 15) is 14.4 Å². The second-order valence-corrected chi connectivity index (χ2v) is 7.44. The van der Waals surface area contributed by atoms with E-state index in [4.69, 9.17) is 0 Å². The molecule has 2 atom stereocenters. The summed E-state index contributed by atoms with van der Waals surface area (Å²) >= 11 is 0. The number of benzene rings is 2. The molecule has 28 heavy (non-hydrogen) atoms. The first-order valence-corrected chi connectivity index (χ1v) is 9.58. The van der Waals surface area contributed by atoms with Gasteiger partial charge in [-0.05, 0) is 42.9 Å². The van der Waals surface area contributed by atoms with Crippen molar-refractivity contribution in [2.24, 2.45) is 0 Å². The van der Waals surface area contributed by atoms with Crippen LogP contribution in [-0.2, 0) is 21.5 Å². The molecular weight excluding hydrogens is 354 g/mol. The first-order chi connectivity index (χ1) is 13.5. The van der Waals surface area contributed by atoms with Gasteiger partial charge in [0.25, 0.3) is 5.91 Å². The summed E-state index contributed by atoms with van der Waals surface area (Å²) in [6.45, 7) is 1.59. The number of rotatable bonds is 4. The zero-order chi connectivity index (χ0) is 19.7. The Morgan fingerprint density at radius 1 is 1.14 bits per heavy atom. The number of fused-ring (bicyclic) bond motifs is 2. The van der Waals surface area contributed by atoms with Gasteiger partial charge in [-0.3, -0.25) is 14.5 Å². The number of urea groups is 1. The summed E-state index contributed by atoms with van der Waals surface area (Å²) in [5.74, 6) is -0.701. The molecule has 0 bridgehead atoms. The average Bonchev–Trinajstić information content (AvgIpc) is 2.94. The van der Waals surface area contributed by atoms with Crippen LogP contribution in [0.3, 0.4) is 0 Å². The number of nitrogens with one attached hydrogen (secondary N) is 2. The van der Waals surface area contributed by atoms with Gasteiger partial charge in [0, 0.05) is 0 Å². The molecule has 4 amide bonds. The topological polar surface area (TPSA) is 78.5 Å². The molecule has 1 fully saturated rings. The van der Waals surface area contributed by atoms with E-state index in [0.717, 1.165) is 34.4 Å². The standard InChI is InChI=1S/C22H23N3O3/c1-15(16-8-3-2-4-9-16)23-19(26)14-25-20(27)22(24-21(25)28)13-7-11-17-10-5-6-12-18(17)22/h2-6,8-10,12,15H,7,11,13-14H2,1H3,(H,23,26)(H,24,28)/t15-,22-/m0/s1. The molecule has 1 aliphatic heterocycles. The van der Waals surface area contributed by atoms with Gasteiger partial charge < -0.3 is 10.6 Å². The van der Waals surface area contributed by atoms with Crippen LogP contribution in [0.5, 0.6) is 0 Å². The van der Waals surface area contributed by atoms with Crippen LogP contribution in [0.2, 0.25) is 0 Å². The van der Waals surface area contributed by atoms with Crippen molar-refractivity contribution >= 4 is 17.8 Å². The lowest BCUT2D eigenvalue weighted by molar-refractivity contribution is -0.135. The van der Waals surface area contributed by atoms with Crippen molar-refractivity contribution in [1.82, 2.24) is 15.5 Å². The van der Waals surface area contributed by atoms with Crippen molar-refractivity contribution in [2.45, 2.75) is 37.8 Å². The summed E-state index contributed by atoms with van der Waals surface area (Å²) in [5.41, 5.74) is 1.84. The highest BCUT2D eigenvalue weighted by Crippen LogP contribution is 2.39. The number of hydrogen-bond donors (Lipinski definition) is 2. The number of carbonyl (C=O) groups excluding carboxylic acids is 3. The molecule has 6 nitrogen and oxygen atoms in total. The number of aryl methyl sites for hydroxylation is 1. The van der Waals surface area contributed by atoms with Crippen molar-refractivity contribution in [2.75, 3.05) is 6.54 Å². The van der Waals surface area contributed by atoms with Gasteiger partial charge in [-0.1, -0.05) is 54.6 Å². The summed E-state index contributed by atoms with van der Waals surface area (Å²) in [7, 11) is 0. The van der Waals surface area contributed by atoms with E-state index in [1.165, 1.54) is 0 Å². The fraction of sp³-hybridized carbons (Fsp3) is 0.318. The smallest absolute Gasteiger partial charge is 0.325 e. The van der Waals surface area contributed by atoms with Crippen molar-refractivity contribution < 1.29 is 14.4 Å². The van der Waals surface area contributed by atoms with Gasteiger partial charge >= 0.3 is 6.03 Å². The molecule has 6 heteroatoms. The molecule has 4 rings (SSSR count). The van der Waals surface area contributed by atoms with Crippen LogP contribution in [0.15, 0.2) is 54.6 Å². The molecule has 0 radical (unpaired) electrons. The third kappa shape index (κ3) is 3.05. The maximum atomic E-state index is 13.2. The summed E-state index contributed by atoms with van der Waals surface area (Å²) in [5, 5.41) is 5.73. The largest absolute Gasteiger partial charge is 0.348 e. The highest BCUT2D eigenvalue weighted by atomic mass is 16.2. The summed E-state index contributed by atoms with van der Waals surface area (Å²) in [6.07, 6.45) is 2.25. The number of nitrogens with zero attached hydrogens (tertiary/aromatic N) is 1. The van der Waals surface area contributed by atoms with E-state index in [-0.39, 0.29) is 24.4 Å². The van der Waals surface area contributed by atoms with Crippen molar-refractivity contribution in [3.63, 3.8) is 0 Å². The van der Waals surface area contributed by atoms with Gasteiger partial charge in [-0.2, -0.15) is 0 Å². The predicted octanol–water partition coefficient (Wildman–Crippen LogP) is 2.65. The first kappa shape index (κ1) is 18.2. The van der Waals surface area contributed by atoms with E-state index in [1.807, 2.05) is 61.5 Å². The summed E-state index contributed by atoms with van der Waals surface area (Å²) < 4.78 is 0. The molecule has 2 aromatic rings. The normalized spacial score (nSPS) is 22.0. The van der Waals surface area contributed by atoms with Gasteiger partial charge in [0.2, 0.25) is 5.91 Å². The van der Waals surface area contributed by atoms with Crippen molar-refractivity contribution in [1.29, 1.82) is 0 Å². The highest BCUT2D eigenvalue weighted by Gasteiger charge is 2.54. The number of imide groups is 1. The zero-order valence-electron chi connectivity index (χ0n) is 15.8. The molecule has 144 valence electrons. The second-order valence-electron chi connectivity index (χ2n) is 7.44. The molecule has 2 N–H and O–H groups in total. The number of amides is 4. The SMILES string of the molecule is C[C@H](NC(=O)CN1C(=O)N[C@]2(CCCc3ccccc32)C1=O)c1ccccc1. The summed E-state index contributed by atoms with van der Waals surface area (Å²) in [4.78, 5) is 39.3. The number of carbonyl (C=O) groups is 3. The monoisotopic (exact) mass is 377 g/mol. The Kier molecular flexibility index (Phi) is 4.63. The Labute approximate surface area is 163 Å². The minimum atomic E-state index is -1.04. The van der Waals surface area contributed by atoms with E-state index in [0.29, 0.717) is 6.42 Å². The molecule has 1 heterocycles. The first-order valence-electron chi connectivity index (χ1n) is 9.58. The Bertz CT molecular complexity index is 928. The molecule has 0 unspecified atom stereocenters. The predicted molar refractivity (Wildman–Crippen MR) is 104 cm³/mol. The van der Waals surface area contributed by atoms with Gasteiger partial charge in [0.15, 0.2) is 0 Å². The lowest BCUT2D eigenvalue weighted by Gasteiger charge is -2.33. The lowest BCUT2D eigenvalue weighted by atomic mass is 9.76. The van der Waals surface area contributed by atoms with Gasteiger partial charge in [0.05, 0.1) is 6.04 Å². The number of hydrogen-bond acceptors (Lipinski definition) is 3. The fourth-order valence-electron chi connectivity index (χ4n) is 4.21. The van der Waals surface area contributed by atoms with E-state index in [2.05, 4.69) is 10.6 Å². The lowest BCUT2D eigenvalue weighted by Crippen LogP contribution is -2.47. The molecule has 1 aliphatic carbocycles. The minimum absolute atomic E-state index is 0.209. The van der Waals surface area contributed by atoms with Gasteiger partial charge in [0.1, 0.15) is 12.1 Å². The van der Waals surface area contributed by atoms with E-state index in [1.54, 1.807) is 0 Å². The molecular formula is C22H23N3O3. The Morgan fingerprint density at radius 3 is 2.64 bits per heavy atom. The second kappa shape index (κ2) is 7.11. The van der Waals surface area contributed by atoms with Crippen molar-refractivity contribution in [3.05, 3.63) is 71.3 Å². The van der Waals surface area contributed by atoms with Crippen LogP contribution in [-0.4, -0.2) is 29.3 Å². The third-order valence-corrected chi connectivity index (χ3v) is 5.63. The molecule has 0 aromatic heterocycles. The van der Waals surface area contributed by atoms with Crippen LogP contribution < -0.4 is 10.6 Å². The zero-order valence-corrected chi connectivity index (χ0v) is 15.8. The average molecular weight is 377 g/mol. The van der Waals surface area contributed by atoms with Crippen LogP contribution in [0.4, 0.5) is 4.79 Å². The fourth-order valence-corrected chi connectivity index (χ4v) is 4.21. The van der Waals surface area contributed by atoms with Crippen LogP contribution in [0.1, 0.15) is 42.5 Å². The highest BCUT2D eigenvalue weighted by molar-refractivity contribution is 6.09. The van der Waals surface area contributed by atoms with Gasteiger partial charge in [-0.15, -0.1) is 0 Å². The molecule has 1 spiro atoms. The Hall–Kier alpha value is -3.15. The molecule has 0 saturated carbocycles. The summed E-state index contributed by atoms with van der Waals surface area (Å²) in [6, 6.07) is 16.5. The maximum Gasteiger partial charge on any atom is 0.325 e. The molecule has 2 aromatic carbocycles. The Morgan fingerprint density at radius 2 is 1.86 bits per heavy atom. The maximum absolute atomic E-state index is 13.2. The van der Waals surface area contributed by atoms with Crippen LogP contribution >= 0.6 is 0 Å². The van der Waals surface area contributed by atoms with Gasteiger partial charge in [-0.25, -0.2) is 4.79 Å². The quantitative estimate of drug-likeness (QED) is 0.804. The van der Waals surface area contributed by atoms with Crippen molar-refractivity contribution in [3.8, 4) is 0 Å². The van der Waals surface area contributed by atoms with Crippen LogP contribution in [0.25, 0.3) is 0 Å². The van der Waals surface area contributed by atoms with E-state index < -0.39 is 11.6 Å². The van der Waals surface area contributed by atoms with E-state index >= 15 is 0 Å². The molecule has 2 aliphatic rings. The molecule has 1 saturated heterocycles. The van der Waals surface area contributed by atoms with Crippen LogP contribution in [0, 0.1) is 0 Å². The Balaban J connectivity index is 1.50.